The minimum absolute atomic E-state index is 0.445. The Morgan fingerprint density at radius 2 is 2.05 bits per heavy atom. The van der Waals surface area contributed by atoms with Gasteiger partial charge in [-0.05, 0) is 47.5 Å². The normalized spacial score (nSPS) is 10.7. The molecule has 114 valence electrons. The molecule has 1 aromatic carbocycles. The summed E-state index contributed by atoms with van der Waals surface area (Å²) < 4.78 is 14.3. The van der Waals surface area contributed by atoms with Crippen LogP contribution in [-0.4, -0.2) is 16.4 Å². The maximum Gasteiger partial charge on any atom is 0.175 e. The van der Waals surface area contributed by atoms with E-state index < -0.39 is 0 Å². The minimum Gasteiger partial charge on any atom is -0.490 e. The largest absolute Gasteiger partial charge is 0.490 e. The third-order valence-electron chi connectivity index (χ3n) is 3.00. The highest BCUT2D eigenvalue weighted by Gasteiger charge is 2.12. The van der Waals surface area contributed by atoms with Crippen LogP contribution in [0.15, 0.2) is 29.0 Å². The Kier molecular flexibility index (Phi) is 5.64. The van der Waals surface area contributed by atoms with Gasteiger partial charge in [-0.2, -0.15) is 5.10 Å². The summed E-state index contributed by atoms with van der Waals surface area (Å²) in [6, 6.07) is 3.87. The molecule has 1 aromatic heterocycles. The molecule has 21 heavy (non-hydrogen) atoms. The molecule has 0 fully saturated rings. The second-order valence-corrected chi connectivity index (χ2v) is 5.39. The second-order valence-electron chi connectivity index (χ2n) is 4.53. The van der Waals surface area contributed by atoms with Gasteiger partial charge in [0, 0.05) is 24.8 Å². The van der Waals surface area contributed by atoms with E-state index >= 15 is 0 Å². The Bertz CT molecular complexity index is 599. The summed E-state index contributed by atoms with van der Waals surface area (Å²) >= 11 is 3.52. The molecule has 0 aliphatic carbocycles. The summed E-state index contributed by atoms with van der Waals surface area (Å²) in [7, 11) is 0. The van der Waals surface area contributed by atoms with Crippen LogP contribution in [0.3, 0.4) is 0 Å². The quantitative estimate of drug-likeness (QED) is 0.830. The van der Waals surface area contributed by atoms with E-state index in [1.165, 1.54) is 0 Å². The monoisotopic (exact) mass is 353 g/mol. The van der Waals surface area contributed by atoms with E-state index in [9.17, 15) is 0 Å². The number of aryl methyl sites for hydroxylation is 1. The highest BCUT2D eigenvalue weighted by Crippen LogP contribution is 2.37. The lowest BCUT2D eigenvalue weighted by molar-refractivity contribution is 0.267. The maximum absolute atomic E-state index is 5.90. The first kappa shape index (κ1) is 15.9. The first-order valence-electron chi connectivity index (χ1n) is 6.97. The predicted octanol–water partition coefficient (Wildman–Crippen LogP) is 3.10. The van der Waals surface area contributed by atoms with Crippen molar-refractivity contribution in [3.63, 3.8) is 0 Å². The lowest BCUT2D eigenvalue weighted by Gasteiger charge is -2.14. The zero-order valence-corrected chi connectivity index (χ0v) is 13.9. The first-order valence-corrected chi connectivity index (χ1v) is 7.76. The molecule has 0 atom stereocenters. The van der Waals surface area contributed by atoms with Crippen LogP contribution in [0, 0.1) is 0 Å². The van der Waals surface area contributed by atoms with Crippen molar-refractivity contribution in [2.45, 2.75) is 33.5 Å². The fourth-order valence-corrected chi connectivity index (χ4v) is 2.56. The van der Waals surface area contributed by atoms with E-state index in [4.69, 9.17) is 15.2 Å². The Morgan fingerprint density at radius 3 is 2.67 bits per heavy atom. The number of benzene rings is 1. The van der Waals surface area contributed by atoms with Crippen LogP contribution in [0.4, 0.5) is 0 Å². The highest BCUT2D eigenvalue weighted by molar-refractivity contribution is 9.10. The van der Waals surface area contributed by atoms with Gasteiger partial charge in [0.1, 0.15) is 6.61 Å². The van der Waals surface area contributed by atoms with Crippen LogP contribution in [0.25, 0.3) is 0 Å². The smallest absolute Gasteiger partial charge is 0.175 e. The van der Waals surface area contributed by atoms with Crippen LogP contribution in [0.5, 0.6) is 11.5 Å². The number of hydrogen-bond acceptors (Lipinski definition) is 4. The summed E-state index contributed by atoms with van der Waals surface area (Å²) in [6.45, 7) is 6.32. The van der Waals surface area contributed by atoms with Crippen LogP contribution >= 0.6 is 15.9 Å². The van der Waals surface area contributed by atoms with Gasteiger partial charge in [-0.15, -0.1) is 0 Å². The zero-order valence-electron chi connectivity index (χ0n) is 12.3. The molecule has 0 bridgehead atoms. The lowest BCUT2D eigenvalue weighted by Crippen LogP contribution is -2.03. The van der Waals surface area contributed by atoms with Crippen LogP contribution in [0.2, 0.25) is 0 Å². The molecule has 0 aliphatic rings. The standard InChI is InChI=1S/C15H20BrN3O2/c1-3-19-9-12(8-18-19)10-21-15-13(16)5-11(7-17)6-14(15)20-4-2/h5-6,8-9H,3-4,7,10,17H2,1-2H3. The highest BCUT2D eigenvalue weighted by atomic mass is 79.9. The van der Waals surface area contributed by atoms with E-state index in [-0.39, 0.29) is 0 Å². The molecule has 0 radical (unpaired) electrons. The van der Waals surface area contributed by atoms with Crippen molar-refractivity contribution in [3.05, 3.63) is 40.1 Å². The fraction of sp³-hybridized carbons (Fsp3) is 0.400. The van der Waals surface area contributed by atoms with E-state index in [2.05, 4.69) is 21.0 Å². The van der Waals surface area contributed by atoms with E-state index in [0.717, 1.165) is 22.1 Å². The molecule has 6 heteroatoms. The Balaban J connectivity index is 2.17. The van der Waals surface area contributed by atoms with Crippen molar-refractivity contribution in [2.75, 3.05) is 6.61 Å². The van der Waals surface area contributed by atoms with Gasteiger partial charge in [0.25, 0.3) is 0 Å². The summed E-state index contributed by atoms with van der Waals surface area (Å²) in [4.78, 5) is 0. The van der Waals surface area contributed by atoms with Crippen molar-refractivity contribution in [3.8, 4) is 11.5 Å². The van der Waals surface area contributed by atoms with Crippen molar-refractivity contribution >= 4 is 15.9 Å². The number of rotatable bonds is 7. The first-order chi connectivity index (χ1) is 10.2. The lowest BCUT2D eigenvalue weighted by atomic mass is 10.2. The van der Waals surface area contributed by atoms with Gasteiger partial charge in [-0.1, -0.05) is 0 Å². The SMILES string of the molecule is CCOc1cc(CN)cc(Br)c1OCc1cnn(CC)c1. The summed E-state index contributed by atoms with van der Waals surface area (Å²) in [5.41, 5.74) is 7.71. The van der Waals surface area contributed by atoms with Crippen molar-refractivity contribution < 1.29 is 9.47 Å². The summed E-state index contributed by atoms with van der Waals surface area (Å²) in [5, 5.41) is 4.23. The third-order valence-corrected chi connectivity index (χ3v) is 3.59. The maximum atomic E-state index is 5.90. The number of hydrogen-bond donors (Lipinski definition) is 1. The topological polar surface area (TPSA) is 62.3 Å². The minimum atomic E-state index is 0.445. The molecule has 0 aliphatic heterocycles. The molecular weight excluding hydrogens is 334 g/mol. The summed E-state index contributed by atoms with van der Waals surface area (Å²) in [5.74, 6) is 1.40. The van der Waals surface area contributed by atoms with Gasteiger partial charge in [-0.25, -0.2) is 0 Å². The van der Waals surface area contributed by atoms with Crippen molar-refractivity contribution in [1.29, 1.82) is 0 Å². The predicted molar refractivity (Wildman–Crippen MR) is 85.4 cm³/mol. The molecule has 0 unspecified atom stereocenters. The van der Waals surface area contributed by atoms with E-state index in [1.807, 2.05) is 43.1 Å². The number of aromatic nitrogens is 2. The summed E-state index contributed by atoms with van der Waals surface area (Å²) in [6.07, 6.45) is 3.79. The number of halogens is 1. The molecular formula is C15H20BrN3O2. The molecule has 0 amide bonds. The molecule has 1 heterocycles. The Morgan fingerprint density at radius 1 is 1.24 bits per heavy atom. The third kappa shape index (κ3) is 3.98. The van der Waals surface area contributed by atoms with Crippen molar-refractivity contribution in [2.24, 2.45) is 5.73 Å². The molecule has 2 rings (SSSR count). The number of nitrogens with zero attached hydrogens (tertiary/aromatic N) is 2. The van der Waals surface area contributed by atoms with E-state index in [0.29, 0.717) is 31.3 Å². The Labute approximate surface area is 133 Å². The fourth-order valence-electron chi connectivity index (χ4n) is 1.95. The molecule has 2 aromatic rings. The van der Waals surface area contributed by atoms with Crippen LogP contribution < -0.4 is 15.2 Å². The molecule has 0 spiro atoms. The zero-order chi connectivity index (χ0) is 15.2. The number of ether oxygens (including phenoxy) is 2. The molecule has 0 saturated carbocycles. The van der Waals surface area contributed by atoms with Crippen LogP contribution in [0.1, 0.15) is 25.0 Å². The number of nitrogens with two attached hydrogens (primary N) is 1. The molecule has 5 nitrogen and oxygen atoms in total. The van der Waals surface area contributed by atoms with Crippen molar-refractivity contribution in [1.82, 2.24) is 9.78 Å². The average molecular weight is 354 g/mol. The Hall–Kier alpha value is -1.53. The average Bonchev–Trinajstić information content (AvgIpc) is 2.94. The van der Waals surface area contributed by atoms with Crippen LogP contribution in [-0.2, 0) is 19.7 Å². The van der Waals surface area contributed by atoms with E-state index in [1.54, 1.807) is 0 Å². The molecule has 0 saturated heterocycles. The van der Waals surface area contributed by atoms with Gasteiger partial charge in [0.15, 0.2) is 11.5 Å². The van der Waals surface area contributed by atoms with Gasteiger partial charge < -0.3 is 15.2 Å². The van der Waals surface area contributed by atoms with Gasteiger partial charge >= 0.3 is 0 Å². The van der Waals surface area contributed by atoms with Gasteiger partial charge in [0.2, 0.25) is 0 Å². The van der Waals surface area contributed by atoms with Gasteiger partial charge in [0.05, 0.1) is 17.3 Å². The van der Waals surface area contributed by atoms with Gasteiger partial charge in [-0.3, -0.25) is 4.68 Å². The molecule has 2 N–H and O–H groups in total. The second kappa shape index (κ2) is 7.47.